The average Bonchev–Trinajstić information content (AvgIpc) is 2.37. The van der Waals surface area contributed by atoms with Crippen molar-refractivity contribution in [3.05, 3.63) is 41.5 Å². The van der Waals surface area contributed by atoms with Crippen LogP contribution in [-0.2, 0) is 4.74 Å². The molecule has 2 bridgehead atoms. The quantitative estimate of drug-likeness (QED) is 0.773. The Bertz CT molecular complexity index is 488. The molecule has 2 nitrogen and oxygen atoms in total. The van der Waals surface area contributed by atoms with E-state index in [9.17, 15) is 5.11 Å². The van der Waals surface area contributed by atoms with E-state index in [-0.39, 0.29) is 6.10 Å². The highest BCUT2D eigenvalue weighted by Crippen LogP contribution is 2.49. The average molecular weight is 258 g/mol. The van der Waals surface area contributed by atoms with Crippen molar-refractivity contribution in [3.8, 4) is 5.75 Å². The summed E-state index contributed by atoms with van der Waals surface area (Å²) in [5.41, 5.74) is 2.63. The molecule has 5 atom stereocenters. The molecule has 1 aromatic carbocycles. The Labute approximate surface area is 115 Å². The van der Waals surface area contributed by atoms with Gasteiger partial charge in [0, 0.05) is 5.92 Å². The first-order valence-electron chi connectivity index (χ1n) is 7.16. The first-order valence-corrected chi connectivity index (χ1v) is 7.16. The number of rotatable bonds is 1. The molecule has 1 fully saturated rings. The minimum Gasteiger partial charge on any atom is -0.508 e. The molecular weight excluding hydrogens is 236 g/mol. The summed E-state index contributed by atoms with van der Waals surface area (Å²) in [6.45, 7) is 7.73. The molecule has 0 amide bonds. The smallest absolute Gasteiger partial charge is 0.115 e. The number of aromatic hydroxyl groups is 1. The van der Waals surface area contributed by atoms with Gasteiger partial charge in [-0.25, -0.2) is 0 Å². The lowest BCUT2D eigenvalue weighted by Crippen LogP contribution is -2.42. The Balaban J connectivity index is 1.96. The van der Waals surface area contributed by atoms with Gasteiger partial charge in [-0.2, -0.15) is 0 Å². The zero-order chi connectivity index (χ0) is 13.6. The van der Waals surface area contributed by atoms with Crippen molar-refractivity contribution < 1.29 is 9.84 Å². The number of ether oxygens (including phenoxy) is 1. The predicted octanol–water partition coefficient (Wildman–Crippen LogP) is 3.93. The highest BCUT2D eigenvalue weighted by Gasteiger charge is 2.43. The van der Waals surface area contributed by atoms with Crippen LogP contribution in [0.15, 0.2) is 35.9 Å². The zero-order valence-corrected chi connectivity index (χ0v) is 11.8. The first kappa shape index (κ1) is 12.7. The molecule has 3 rings (SSSR count). The van der Waals surface area contributed by atoms with Crippen molar-refractivity contribution in [1.29, 1.82) is 0 Å². The number of hydrogen-bond acceptors (Lipinski definition) is 2. The minimum atomic E-state index is 0.135. The summed E-state index contributed by atoms with van der Waals surface area (Å²) in [6, 6.07) is 7.47. The van der Waals surface area contributed by atoms with Gasteiger partial charge < -0.3 is 9.84 Å². The topological polar surface area (TPSA) is 29.5 Å². The lowest BCUT2D eigenvalue weighted by Gasteiger charge is -2.47. The molecule has 0 unspecified atom stereocenters. The lowest BCUT2D eigenvalue weighted by atomic mass is 9.64. The molecule has 1 aliphatic heterocycles. The number of fused-ring (bicyclic) bond motifs is 2. The van der Waals surface area contributed by atoms with Crippen LogP contribution in [0.2, 0.25) is 0 Å². The summed E-state index contributed by atoms with van der Waals surface area (Å²) in [5.74, 6) is 2.70. The minimum absolute atomic E-state index is 0.135. The molecular formula is C17H22O2. The van der Waals surface area contributed by atoms with E-state index in [0.717, 1.165) is 6.61 Å². The van der Waals surface area contributed by atoms with Crippen LogP contribution >= 0.6 is 0 Å². The van der Waals surface area contributed by atoms with Gasteiger partial charge >= 0.3 is 0 Å². The third-order valence-corrected chi connectivity index (χ3v) is 4.98. The molecule has 0 spiro atoms. The van der Waals surface area contributed by atoms with Crippen LogP contribution in [0.1, 0.15) is 32.4 Å². The van der Waals surface area contributed by atoms with Gasteiger partial charge in [0.05, 0.1) is 12.7 Å². The molecule has 1 aliphatic carbocycles. The van der Waals surface area contributed by atoms with Crippen LogP contribution in [0.5, 0.6) is 5.75 Å². The van der Waals surface area contributed by atoms with Gasteiger partial charge in [0.15, 0.2) is 0 Å². The summed E-state index contributed by atoms with van der Waals surface area (Å²) in [5, 5.41) is 9.42. The van der Waals surface area contributed by atoms with Crippen LogP contribution in [0.25, 0.3) is 0 Å². The molecule has 0 radical (unpaired) electrons. The van der Waals surface area contributed by atoms with E-state index in [1.54, 1.807) is 12.1 Å². The number of hydrogen-bond donors (Lipinski definition) is 1. The first-order chi connectivity index (χ1) is 9.08. The molecule has 2 aliphatic rings. The Hall–Kier alpha value is -1.28. The van der Waals surface area contributed by atoms with Crippen molar-refractivity contribution in [2.75, 3.05) is 6.61 Å². The molecule has 0 aromatic heterocycles. The maximum Gasteiger partial charge on any atom is 0.115 e. The van der Waals surface area contributed by atoms with Crippen LogP contribution < -0.4 is 0 Å². The molecule has 102 valence electrons. The third kappa shape index (κ3) is 2.08. The fourth-order valence-electron chi connectivity index (χ4n) is 3.91. The van der Waals surface area contributed by atoms with E-state index in [1.807, 2.05) is 12.1 Å². The van der Waals surface area contributed by atoms with Crippen LogP contribution in [0, 0.1) is 23.7 Å². The molecule has 1 aromatic rings. The van der Waals surface area contributed by atoms with Gasteiger partial charge in [-0.3, -0.25) is 0 Å². The Morgan fingerprint density at radius 2 is 1.84 bits per heavy atom. The van der Waals surface area contributed by atoms with Crippen molar-refractivity contribution in [1.82, 2.24) is 0 Å². The van der Waals surface area contributed by atoms with Gasteiger partial charge in [0.25, 0.3) is 0 Å². The standard InChI is InChI=1S/C17H22O2/c1-10-8-11(2)16-12(3)15(10)9-19-17(16)13-4-6-14(18)7-5-13/h4-8,10,12,15-18H,9H2,1-3H3/t10-,12-,15-,16-,17-/m0/s1. The maximum atomic E-state index is 9.42. The van der Waals surface area contributed by atoms with E-state index in [2.05, 4.69) is 26.8 Å². The van der Waals surface area contributed by atoms with E-state index < -0.39 is 0 Å². The second kappa shape index (κ2) is 4.68. The number of allylic oxidation sites excluding steroid dienone is 1. The highest BCUT2D eigenvalue weighted by atomic mass is 16.5. The molecule has 1 N–H and O–H groups in total. The SMILES string of the molecule is CC1=C[C@H](C)[C@@H]2CO[C@@H](c3ccc(O)cc3)[C@@H]1[C@H]2C. The molecule has 1 heterocycles. The van der Waals surface area contributed by atoms with Gasteiger partial charge in [-0.05, 0) is 42.4 Å². The maximum absolute atomic E-state index is 9.42. The van der Waals surface area contributed by atoms with Crippen molar-refractivity contribution in [2.45, 2.75) is 26.9 Å². The van der Waals surface area contributed by atoms with Gasteiger partial charge in [-0.15, -0.1) is 0 Å². The molecule has 1 saturated heterocycles. The summed E-state index contributed by atoms with van der Waals surface area (Å²) in [6.07, 6.45) is 2.56. The molecule has 2 heteroatoms. The second-order valence-corrected chi connectivity index (χ2v) is 6.16. The summed E-state index contributed by atoms with van der Waals surface area (Å²) < 4.78 is 6.16. The Morgan fingerprint density at radius 3 is 2.53 bits per heavy atom. The van der Waals surface area contributed by atoms with Crippen molar-refractivity contribution >= 4 is 0 Å². The highest BCUT2D eigenvalue weighted by molar-refractivity contribution is 5.30. The van der Waals surface area contributed by atoms with E-state index in [0.29, 0.717) is 29.4 Å². The Kier molecular flexibility index (Phi) is 3.14. The number of phenols is 1. The normalized spacial score (nSPS) is 37.8. The molecule has 0 saturated carbocycles. The monoisotopic (exact) mass is 258 g/mol. The second-order valence-electron chi connectivity index (χ2n) is 6.16. The predicted molar refractivity (Wildman–Crippen MR) is 75.9 cm³/mol. The van der Waals surface area contributed by atoms with Crippen LogP contribution in [-0.4, -0.2) is 11.7 Å². The number of phenolic OH excluding ortho intramolecular Hbond substituents is 1. The fourth-order valence-corrected chi connectivity index (χ4v) is 3.91. The molecule has 19 heavy (non-hydrogen) atoms. The third-order valence-electron chi connectivity index (χ3n) is 4.98. The van der Waals surface area contributed by atoms with Gasteiger partial charge in [0.2, 0.25) is 0 Å². The summed E-state index contributed by atoms with van der Waals surface area (Å²) >= 11 is 0. The summed E-state index contributed by atoms with van der Waals surface area (Å²) in [7, 11) is 0. The number of benzene rings is 1. The van der Waals surface area contributed by atoms with Gasteiger partial charge in [0.1, 0.15) is 5.75 Å². The van der Waals surface area contributed by atoms with Crippen molar-refractivity contribution in [3.63, 3.8) is 0 Å². The van der Waals surface area contributed by atoms with Crippen LogP contribution in [0.3, 0.4) is 0 Å². The largest absolute Gasteiger partial charge is 0.508 e. The van der Waals surface area contributed by atoms with E-state index in [4.69, 9.17) is 4.74 Å². The van der Waals surface area contributed by atoms with E-state index >= 15 is 0 Å². The van der Waals surface area contributed by atoms with Crippen molar-refractivity contribution in [2.24, 2.45) is 23.7 Å². The lowest BCUT2D eigenvalue weighted by molar-refractivity contribution is -0.0934. The van der Waals surface area contributed by atoms with E-state index in [1.165, 1.54) is 11.1 Å². The van der Waals surface area contributed by atoms with Crippen LogP contribution in [0.4, 0.5) is 0 Å². The Morgan fingerprint density at radius 1 is 1.16 bits per heavy atom. The fraction of sp³-hybridized carbons (Fsp3) is 0.529. The summed E-state index contributed by atoms with van der Waals surface area (Å²) in [4.78, 5) is 0. The van der Waals surface area contributed by atoms with Gasteiger partial charge in [-0.1, -0.05) is 37.6 Å². The zero-order valence-electron chi connectivity index (χ0n) is 11.8.